The normalized spacial score (nSPS) is 20.5. The standard InChI is InChI=1S/C33H44ClN7O2Si/c1-32(2,3)44(6,7)43-21-33(4)20-38-29-24(16-35)13-23(14-26(29)33)27-10-11-36-31(39-27)40-28-15-25(34)17-37-30(28)42-19-22-9-8-12-41(5)18-22/h10-11,13-15,17,22,38H,8-9,12,18-21H2,1-7H3,(H,36,39,40)/t22?,33-/m1/s1. The van der Waals surface area contributed by atoms with Gasteiger partial charge in [-0.2, -0.15) is 5.26 Å². The summed E-state index contributed by atoms with van der Waals surface area (Å²) < 4.78 is 12.8. The minimum atomic E-state index is -1.96. The zero-order valence-electron chi connectivity index (χ0n) is 26.9. The number of nitrogens with one attached hydrogen (secondary N) is 2. The van der Waals surface area contributed by atoms with Crippen LogP contribution in [0.15, 0.2) is 36.7 Å². The van der Waals surface area contributed by atoms with Crippen molar-refractivity contribution in [3.8, 4) is 23.2 Å². The van der Waals surface area contributed by atoms with Gasteiger partial charge in [0.25, 0.3) is 0 Å². The first-order chi connectivity index (χ1) is 20.8. The third-order valence-electron chi connectivity index (χ3n) is 9.32. The molecule has 2 aromatic heterocycles. The van der Waals surface area contributed by atoms with Crippen molar-refractivity contribution in [2.75, 3.05) is 50.5 Å². The second-order valence-electron chi connectivity index (χ2n) is 14.0. The van der Waals surface area contributed by atoms with Crippen molar-refractivity contribution >= 4 is 37.2 Å². The van der Waals surface area contributed by atoms with E-state index in [4.69, 9.17) is 25.7 Å². The van der Waals surface area contributed by atoms with Crippen LogP contribution in [0.3, 0.4) is 0 Å². The average Bonchev–Trinajstić information content (AvgIpc) is 3.31. The van der Waals surface area contributed by atoms with Crippen LogP contribution in [0.4, 0.5) is 17.3 Å². The monoisotopic (exact) mass is 633 g/mol. The zero-order chi connectivity index (χ0) is 31.7. The quantitative estimate of drug-likeness (QED) is 0.236. The van der Waals surface area contributed by atoms with E-state index in [1.807, 2.05) is 12.1 Å². The number of piperidine rings is 1. The summed E-state index contributed by atoms with van der Waals surface area (Å²) in [6, 6.07) is 10.0. The van der Waals surface area contributed by atoms with Gasteiger partial charge in [0.15, 0.2) is 8.32 Å². The van der Waals surface area contributed by atoms with E-state index in [1.165, 1.54) is 6.42 Å². The molecular formula is C33H44ClN7O2Si. The molecule has 0 bridgehead atoms. The number of benzene rings is 1. The Morgan fingerprint density at radius 2 is 2.05 bits per heavy atom. The first kappa shape index (κ1) is 32.2. The number of fused-ring (bicyclic) bond motifs is 1. The molecule has 0 amide bonds. The van der Waals surface area contributed by atoms with Crippen LogP contribution in [0.25, 0.3) is 11.3 Å². The number of halogens is 1. The van der Waals surface area contributed by atoms with E-state index < -0.39 is 8.32 Å². The van der Waals surface area contributed by atoms with Gasteiger partial charge in [0.1, 0.15) is 11.8 Å². The molecule has 11 heteroatoms. The van der Waals surface area contributed by atoms with Crippen molar-refractivity contribution < 1.29 is 9.16 Å². The van der Waals surface area contributed by atoms with Gasteiger partial charge in [0, 0.05) is 49.0 Å². The number of nitrogens with zero attached hydrogens (tertiary/aromatic N) is 5. The number of hydrogen-bond donors (Lipinski definition) is 2. The summed E-state index contributed by atoms with van der Waals surface area (Å²) in [5.74, 6) is 1.29. The molecule has 2 aliphatic rings. The lowest BCUT2D eigenvalue weighted by atomic mass is 9.83. The Morgan fingerprint density at radius 3 is 2.77 bits per heavy atom. The zero-order valence-corrected chi connectivity index (χ0v) is 28.7. The van der Waals surface area contributed by atoms with Gasteiger partial charge in [-0.3, -0.25) is 0 Å². The van der Waals surface area contributed by atoms with Crippen LogP contribution in [0.5, 0.6) is 5.88 Å². The Hall–Kier alpha value is -3.23. The Balaban J connectivity index is 1.39. The van der Waals surface area contributed by atoms with Gasteiger partial charge in [-0.1, -0.05) is 39.3 Å². The highest BCUT2D eigenvalue weighted by Crippen LogP contribution is 2.44. The van der Waals surface area contributed by atoms with Gasteiger partial charge >= 0.3 is 0 Å². The van der Waals surface area contributed by atoms with Crippen LogP contribution in [-0.2, 0) is 9.84 Å². The number of hydrogen-bond acceptors (Lipinski definition) is 9. The van der Waals surface area contributed by atoms with Crippen LogP contribution in [-0.4, -0.2) is 68.1 Å². The molecule has 4 heterocycles. The van der Waals surface area contributed by atoms with Crippen molar-refractivity contribution in [1.82, 2.24) is 19.9 Å². The van der Waals surface area contributed by atoms with Gasteiger partial charge in [0.05, 0.1) is 28.6 Å². The molecule has 5 rings (SSSR count). The van der Waals surface area contributed by atoms with Crippen LogP contribution >= 0.6 is 11.6 Å². The molecular weight excluding hydrogens is 590 g/mol. The van der Waals surface area contributed by atoms with Crippen molar-refractivity contribution in [3.63, 3.8) is 0 Å². The molecule has 1 unspecified atom stereocenters. The van der Waals surface area contributed by atoms with Gasteiger partial charge in [-0.25, -0.2) is 15.0 Å². The Kier molecular flexibility index (Phi) is 9.24. The molecule has 44 heavy (non-hydrogen) atoms. The SMILES string of the molecule is CN1CCCC(COc2ncc(Cl)cc2Nc2nccc(-c3cc(C#N)c4c(c3)[C@@](C)(CO[Si](C)(C)C(C)(C)C)CN4)n2)C1. The molecule has 234 valence electrons. The van der Waals surface area contributed by atoms with Gasteiger partial charge in [-0.15, -0.1) is 0 Å². The van der Waals surface area contributed by atoms with Gasteiger partial charge in [0.2, 0.25) is 11.8 Å². The van der Waals surface area contributed by atoms with Crippen molar-refractivity contribution in [2.45, 2.75) is 64.1 Å². The lowest BCUT2D eigenvalue weighted by Crippen LogP contribution is -2.45. The lowest BCUT2D eigenvalue weighted by Gasteiger charge is -2.39. The van der Waals surface area contributed by atoms with E-state index in [0.29, 0.717) is 59.5 Å². The van der Waals surface area contributed by atoms with E-state index in [9.17, 15) is 5.26 Å². The van der Waals surface area contributed by atoms with Crippen LogP contribution < -0.4 is 15.4 Å². The summed E-state index contributed by atoms with van der Waals surface area (Å²) in [6.45, 7) is 17.5. The molecule has 0 radical (unpaired) electrons. The molecule has 1 fully saturated rings. The lowest BCUT2D eigenvalue weighted by molar-refractivity contribution is 0.148. The molecule has 1 aromatic carbocycles. The minimum absolute atomic E-state index is 0.109. The topological polar surface area (TPSA) is 108 Å². The summed E-state index contributed by atoms with van der Waals surface area (Å²) in [6.07, 6.45) is 5.59. The average molecular weight is 634 g/mol. The molecule has 2 atom stereocenters. The maximum atomic E-state index is 10.1. The molecule has 3 aromatic rings. The van der Waals surface area contributed by atoms with Crippen LogP contribution in [0.1, 0.15) is 51.7 Å². The second kappa shape index (κ2) is 12.6. The number of nitriles is 1. The molecule has 0 spiro atoms. The fraction of sp³-hybridized carbons (Fsp3) is 0.515. The molecule has 0 aliphatic carbocycles. The third kappa shape index (κ3) is 7.02. The minimum Gasteiger partial charge on any atom is -0.476 e. The predicted octanol–water partition coefficient (Wildman–Crippen LogP) is 7.23. The molecule has 9 nitrogen and oxygen atoms in total. The summed E-state index contributed by atoms with van der Waals surface area (Å²) in [5.41, 5.74) is 4.39. The smallest absolute Gasteiger partial charge is 0.237 e. The van der Waals surface area contributed by atoms with Crippen molar-refractivity contribution in [2.24, 2.45) is 5.92 Å². The predicted molar refractivity (Wildman–Crippen MR) is 179 cm³/mol. The molecule has 0 saturated carbocycles. The highest BCUT2D eigenvalue weighted by Gasteiger charge is 2.42. The fourth-order valence-electron chi connectivity index (χ4n) is 5.55. The van der Waals surface area contributed by atoms with E-state index in [1.54, 1.807) is 18.5 Å². The third-order valence-corrected chi connectivity index (χ3v) is 14.0. The Morgan fingerprint density at radius 1 is 1.25 bits per heavy atom. The Bertz CT molecular complexity index is 1550. The van der Waals surface area contributed by atoms with Gasteiger partial charge < -0.3 is 24.7 Å². The number of rotatable bonds is 9. The summed E-state index contributed by atoms with van der Waals surface area (Å²) in [5, 5.41) is 17.4. The molecule has 1 saturated heterocycles. The Labute approximate surface area is 267 Å². The maximum absolute atomic E-state index is 10.1. The fourth-order valence-corrected chi connectivity index (χ4v) is 6.82. The number of pyridine rings is 1. The van der Waals surface area contributed by atoms with Crippen LogP contribution in [0.2, 0.25) is 23.2 Å². The highest BCUT2D eigenvalue weighted by atomic mass is 35.5. The summed E-state index contributed by atoms with van der Waals surface area (Å²) >= 11 is 6.32. The van der Waals surface area contributed by atoms with Crippen molar-refractivity contribution in [3.05, 3.63) is 52.8 Å². The summed E-state index contributed by atoms with van der Waals surface area (Å²) in [7, 11) is 0.182. The number of anilines is 3. The maximum Gasteiger partial charge on any atom is 0.237 e. The first-order valence-corrected chi connectivity index (χ1v) is 18.6. The van der Waals surface area contributed by atoms with Crippen LogP contribution in [0, 0.1) is 17.2 Å². The van der Waals surface area contributed by atoms with Gasteiger partial charge in [-0.05, 0) is 74.4 Å². The second-order valence-corrected chi connectivity index (χ2v) is 19.2. The molecule has 2 N–H and O–H groups in total. The van der Waals surface area contributed by atoms with E-state index in [2.05, 4.69) is 85.5 Å². The van der Waals surface area contributed by atoms with E-state index >= 15 is 0 Å². The number of ether oxygens (including phenoxy) is 1. The highest BCUT2D eigenvalue weighted by molar-refractivity contribution is 6.74. The molecule has 2 aliphatic heterocycles. The van der Waals surface area contributed by atoms with E-state index in [-0.39, 0.29) is 10.5 Å². The van der Waals surface area contributed by atoms with Crippen molar-refractivity contribution in [1.29, 1.82) is 5.26 Å². The summed E-state index contributed by atoms with van der Waals surface area (Å²) in [4.78, 5) is 16.1. The van der Waals surface area contributed by atoms with E-state index in [0.717, 1.165) is 36.3 Å². The first-order valence-electron chi connectivity index (χ1n) is 15.3. The number of aromatic nitrogens is 3. The number of likely N-dealkylation sites (tertiary alicyclic amines) is 1. The largest absolute Gasteiger partial charge is 0.476 e.